The van der Waals surface area contributed by atoms with E-state index in [1.54, 1.807) is 27.5 Å². The molecule has 6 heteroatoms. The number of hydrogen-bond donors (Lipinski definition) is 1. The summed E-state index contributed by atoms with van der Waals surface area (Å²) in [6, 6.07) is 20.0. The number of nitrogens with zero attached hydrogens (tertiary/aromatic N) is 2. The van der Waals surface area contributed by atoms with Crippen LogP contribution in [0.15, 0.2) is 66.9 Å². The molecule has 0 atom stereocenters. The first-order valence-corrected chi connectivity index (χ1v) is 9.11. The Morgan fingerprint density at radius 1 is 0.793 bits per heavy atom. The van der Waals surface area contributed by atoms with Crippen LogP contribution in [0, 0.1) is 0 Å². The summed E-state index contributed by atoms with van der Waals surface area (Å²) in [6.07, 6.45) is 1.74. The SMILES string of the molecule is COc1cc(Nc2nccc(-c3cccc4ccccc34)n2)cc(OC)c1OC. The topological polar surface area (TPSA) is 65.5 Å². The predicted octanol–water partition coefficient (Wildman–Crippen LogP) is 5.07. The minimum atomic E-state index is 0.477. The fraction of sp³-hybridized carbons (Fsp3) is 0.130. The van der Waals surface area contributed by atoms with Gasteiger partial charge >= 0.3 is 0 Å². The molecular weight excluding hydrogens is 366 g/mol. The van der Waals surface area contributed by atoms with Gasteiger partial charge in [0.15, 0.2) is 11.5 Å². The molecule has 4 aromatic rings. The maximum absolute atomic E-state index is 5.41. The van der Waals surface area contributed by atoms with Gasteiger partial charge in [-0.3, -0.25) is 0 Å². The lowest BCUT2D eigenvalue weighted by Gasteiger charge is -2.15. The van der Waals surface area contributed by atoms with Crippen molar-refractivity contribution >= 4 is 22.4 Å². The summed E-state index contributed by atoms with van der Waals surface area (Å²) >= 11 is 0. The third-order valence-electron chi connectivity index (χ3n) is 4.64. The van der Waals surface area contributed by atoms with E-state index in [1.165, 1.54) is 5.39 Å². The molecule has 0 bridgehead atoms. The van der Waals surface area contributed by atoms with Crippen LogP contribution in [0.2, 0.25) is 0 Å². The van der Waals surface area contributed by atoms with Gasteiger partial charge in [-0.1, -0.05) is 42.5 Å². The highest BCUT2D eigenvalue weighted by molar-refractivity contribution is 5.95. The van der Waals surface area contributed by atoms with Crippen LogP contribution in [-0.2, 0) is 0 Å². The standard InChI is InChI=1S/C23H21N3O3/c1-27-20-13-16(14-21(28-2)22(20)29-3)25-23-24-12-11-19(26-23)18-10-6-8-15-7-4-5-9-17(15)18/h4-14H,1-3H3,(H,24,25,26). The van der Waals surface area contributed by atoms with Crippen molar-refractivity contribution in [1.82, 2.24) is 9.97 Å². The number of benzene rings is 3. The van der Waals surface area contributed by atoms with Gasteiger partial charge in [0.05, 0.1) is 27.0 Å². The highest BCUT2D eigenvalue weighted by Crippen LogP contribution is 2.40. The second-order valence-corrected chi connectivity index (χ2v) is 6.33. The molecule has 146 valence electrons. The lowest BCUT2D eigenvalue weighted by molar-refractivity contribution is 0.324. The van der Waals surface area contributed by atoms with E-state index in [9.17, 15) is 0 Å². The molecule has 0 unspecified atom stereocenters. The third kappa shape index (κ3) is 3.65. The summed E-state index contributed by atoms with van der Waals surface area (Å²) in [5.74, 6) is 2.12. The molecule has 0 spiro atoms. The normalized spacial score (nSPS) is 10.6. The van der Waals surface area contributed by atoms with E-state index in [2.05, 4.69) is 34.6 Å². The highest BCUT2D eigenvalue weighted by Gasteiger charge is 2.14. The van der Waals surface area contributed by atoms with Gasteiger partial charge in [-0.2, -0.15) is 0 Å². The van der Waals surface area contributed by atoms with Crippen molar-refractivity contribution in [3.8, 4) is 28.5 Å². The predicted molar refractivity (Wildman–Crippen MR) is 114 cm³/mol. The van der Waals surface area contributed by atoms with Gasteiger partial charge in [-0.15, -0.1) is 0 Å². The number of aromatic nitrogens is 2. The Balaban J connectivity index is 1.72. The highest BCUT2D eigenvalue weighted by atomic mass is 16.5. The average molecular weight is 387 g/mol. The van der Waals surface area contributed by atoms with Gasteiger partial charge < -0.3 is 19.5 Å². The molecule has 0 aliphatic carbocycles. The number of anilines is 2. The molecule has 29 heavy (non-hydrogen) atoms. The molecule has 0 radical (unpaired) electrons. The lowest BCUT2D eigenvalue weighted by atomic mass is 10.0. The van der Waals surface area contributed by atoms with E-state index in [4.69, 9.17) is 19.2 Å². The first kappa shape index (κ1) is 18.6. The summed E-state index contributed by atoms with van der Waals surface area (Å²) < 4.78 is 16.2. The Bertz CT molecular complexity index is 1130. The number of ether oxygens (including phenoxy) is 3. The van der Waals surface area contributed by atoms with Crippen LogP contribution in [-0.4, -0.2) is 31.3 Å². The Morgan fingerprint density at radius 2 is 1.52 bits per heavy atom. The summed E-state index contributed by atoms with van der Waals surface area (Å²) in [4.78, 5) is 9.07. The molecule has 0 saturated heterocycles. The average Bonchev–Trinajstić information content (AvgIpc) is 2.78. The van der Waals surface area contributed by atoms with Crippen LogP contribution >= 0.6 is 0 Å². The van der Waals surface area contributed by atoms with E-state index >= 15 is 0 Å². The number of fused-ring (bicyclic) bond motifs is 1. The Hall–Kier alpha value is -3.80. The van der Waals surface area contributed by atoms with E-state index in [0.29, 0.717) is 23.2 Å². The van der Waals surface area contributed by atoms with Crippen LogP contribution in [0.25, 0.3) is 22.0 Å². The molecular formula is C23H21N3O3. The quantitative estimate of drug-likeness (QED) is 0.498. The number of nitrogens with one attached hydrogen (secondary N) is 1. The van der Waals surface area contributed by atoms with Crippen molar-refractivity contribution in [3.63, 3.8) is 0 Å². The zero-order valence-corrected chi connectivity index (χ0v) is 16.5. The summed E-state index contributed by atoms with van der Waals surface area (Å²) in [7, 11) is 4.74. The van der Waals surface area contributed by atoms with Gasteiger partial charge in [-0.25, -0.2) is 9.97 Å². The molecule has 4 rings (SSSR count). The molecule has 0 fully saturated rings. The third-order valence-corrected chi connectivity index (χ3v) is 4.64. The Labute approximate surface area is 169 Å². The van der Waals surface area contributed by atoms with Crippen LogP contribution in [0.3, 0.4) is 0 Å². The van der Waals surface area contributed by atoms with Gasteiger partial charge in [0.2, 0.25) is 11.7 Å². The lowest BCUT2D eigenvalue weighted by Crippen LogP contribution is -2.01. The number of methoxy groups -OCH3 is 3. The summed E-state index contributed by atoms with van der Waals surface area (Å²) in [6.45, 7) is 0. The monoisotopic (exact) mass is 387 g/mol. The van der Waals surface area contributed by atoms with E-state index < -0.39 is 0 Å². The largest absolute Gasteiger partial charge is 0.493 e. The van der Waals surface area contributed by atoms with E-state index in [-0.39, 0.29) is 0 Å². The van der Waals surface area contributed by atoms with Crippen LogP contribution in [0.5, 0.6) is 17.2 Å². The molecule has 6 nitrogen and oxygen atoms in total. The van der Waals surface area contributed by atoms with Crippen molar-refractivity contribution in [2.24, 2.45) is 0 Å². The molecule has 3 aromatic carbocycles. The summed E-state index contributed by atoms with van der Waals surface area (Å²) in [5.41, 5.74) is 2.62. The zero-order valence-electron chi connectivity index (χ0n) is 16.5. The second-order valence-electron chi connectivity index (χ2n) is 6.33. The van der Waals surface area contributed by atoms with Crippen molar-refractivity contribution in [1.29, 1.82) is 0 Å². The maximum atomic E-state index is 5.41. The first-order chi connectivity index (χ1) is 14.2. The second kappa shape index (κ2) is 8.06. The molecule has 0 saturated carbocycles. The van der Waals surface area contributed by atoms with Gasteiger partial charge in [0.25, 0.3) is 0 Å². The fourth-order valence-corrected chi connectivity index (χ4v) is 3.30. The fourth-order valence-electron chi connectivity index (χ4n) is 3.30. The minimum Gasteiger partial charge on any atom is -0.493 e. The smallest absolute Gasteiger partial charge is 0.227 e. The van der Waals surface area contributed by atoms with Crippen molar-refractivity contribution in [3.05, 3.63) is 66.9 Å². The minimum absolute atomic E-state index is 0.477. The molecule has 0 amide bonds. The van der Waals surface area contributed by atoms with Crippen LogP contribution in [0.4, 0.5) is 11.6 Å². The summed E-state index contributed by atoms with van der Waals surface area (Å²) in [5, 5.41) is 5.54. The molecule has 0 aliphatic rings. The zero-order chi connectivity index (χ0) is 20.2. The van der Waals surface area contributed by atoms with Crippen molar-refractivity contribution < 1.29 is 14.2 Å². The first-order valence-electron chi connectivity index (χ1n) is 9.11. The van der Waals surface area contributed by atoms with Crippen molar-refractivity contribution in [2.75, 3.05) is 26.6 Å². The molecule has 1 heterocycles. The van der Waals surface area contributed by atoms with E-state index in [0.717, 1.165) is 22.3 Å². The van der Waals surface area contributed by atoms with E-state index in [1.807, 2.05) is 36.4 Å². The van der Waals surface area contributed by atoms with Crippen LogP contribution < -0.4 is 19.5 Å². The number of rotatable bonds is 6. The van der Waals surface area contributed by atoms with Gasteiger partial charge in [0.1, 0.15) is 0 Å². The Kier molecular flexibility index (Phi) is 5.16. The van der Waals surface area contributed by atoms with Gasteiger partial charge in [0, 0.05) is 29.6 Å². The van der Waals surface area contributed by atoms with Gasteiger partial charge in [-0.05, 0) is 16.8 Å². The van der Waals surface area contributed by atoms with Crippen molar-refractivity contribution in [2.45, 2.75) is 0 Å². The maximum Gasteiger partial charge on any atom is 0.227 e. The molecule has 1 N–H and O–H groups in total. The number of hydrogen-bond acceptors (Lipinski definition) is 6. The Morgan fingerprint density at radius 3 is 2.24 bits per heavy atom. The van der Waals surface area contributed by atoms with Crippen LogP contribution in [0.1, 0.15) is 0 Å². The molecule has 0 aliphatic heterocycles. The molecule has 1 aromatic heterocycles.